The number of benzene rings is 2. The Balaban J connectivity index is 1.35. The van der Waals surface area contributed by atoms with E-state index in [0.29, 0.717) is 23.8 Å². The van der Waals surface area contributed by atoms with Crippen molar-refractivity contribution in [3.8, 4) is 11.1 Å². The Morgan fingerprint density at radius 1 is 0.833 bits per heavy atom. The standard InChI is InChI=1S/C30H27N5O/c36-29-24(17-21-9-3-1-4-10-21)18-25-20-32-30(34-28(25)35(29)26-13-7-8-14-26)33-27-16-15-23(19-31-27)22-11-5-2-6-12-22/h1-6,9-12,15-16,18-20,26H,7-8,13-14,17H2,(H,31,32,33,34). The third-order valence-corrected chi connectivity index (χ3v) is 6.89. The molecule has 0 amide bonds. The van der Waals surface area contributed by atoms with E-state index in [2.05, 4.69) is 39.6 Å². The summed E-state index contributed by atoms with van der Waals surface area (Å²) in [6.45, 7) is 0. The molecule has 3 heterocycles. The lowest BCUT2D eigenvalue weighted by Gasteiger charge is -2.18. The highest BCUT2D eigenvalue weighted by atomic mass is 16.1. The van der Waals surface area contributed by atoms with Crippen molar-refractivity contribution < 1.29 is 0 Å². The molecule has 1 N–H and O–H groups in total. The van der Waals surface area contributed by atoms with Gasteiger partial charge < -0.3 is 5.32 Å². The topological polar surface area (TPSA) is 72.7 Å². The summed E-state index contributed by atoms with van der Waals surface area (Å²) in [5, 5.41) is 4.10. The van der Waals surface area contributed by atoms with Crippen molar-refractivity contribution in [2.75, 3.05) is 5.32 Å². The summed E-state index contributed by atoms with van der Waals surface area (Å²) in [4.78, 5) is 27.6. The molecule has 1 aliphatic rings. The molecule has 0 unspecified atom stereocenters. The minimum Gasteiger partial charge on any atom is -0.309 e. The lowest BCUT2D eigenvalue weighted by atomic mass is 10.0. The molecule has 3 aromatic heterocycles. The van der Waals surface area contributed by atoms with Gasteiger partial charge in [0, 0.05) is 41.4 Å². The van der Waals surface area contributed by atoms with Gasteiger partial charge >= 0.3 is 0 Å². The number of rotatable bonds is 6. The molecule has 5 aromatic rings. The zero-order valence-corrected chi connectivity index (χ0v) is 20.0. The summed E-state index contributed by atoms with van der Waals surface area (Å²) in [6, 6.07) is 26.3. The maximum Gasteiger partial charge on any atom is 0.256 e. The van der Waals surface area contributed by atoms with Crippen molar-refractivity contribution >= 4 is 22.8 Å². The molecule has 6 nitrogen and oxygen atoms in total. The summed E-state index contributed by atoms with van der Waals surface area (Å²) in [5.74, 6) is 1.09. The molecule has 1 saturated carbocycles. The van der Waals surface area contributed by atoms with Crippen molar-refractivity contribution in [3.63, 3.8) is 0 Å². The summed E-state index contributed by atoms with van der Waals surface area (Å²) < 4.78 is 1.92. The zero-order chi connectivity index (χ0) is 24.3. The van der Waals surface area contributed by atoms with Gasteiger partial charge in [0.2, 0.25) is 5.95 Å². The van der Waals surface area contributed by atoms with E-state index < -0.39 is 0 Å². The van der Waals surface area contributed by atoms with Crippen LogP contribution in [0.1, 0.15) is 42.9 Å². The molecule has 0 saturated heterocycles. The third kappa shape index (κ3) is 4.50. The highest BCUT2D eigenvalue weighted by molar-refractivity contribution is 5.77. The predicted octanol–water partition coefficient (Wildman–Crippen LogP) is 6.30. The van der Waals surface area contributed by atoms with Gasteiger partial charge in [0.05, 0.1) is 0 Å². The summed E-state index contributed by atoms with van der Waals surface area (Å²) in [6.07, 6.45) is 8.51. The van der Waals surface area contributed by atoms with E-state index in [4.69, 9.17) is 4.98 Å². The average Bonchev–Trinajstić information content (AvgIpc) is 3.45. The van der Waals surface area contributed by atoms with Gasteiger partial charge in [-0.15, -0.1) is 0 Å². The van der Waals surface area contributed by atoms with Gasteiger partial charge in [0.1, 0.15) is 11.5 Å². The van der Waals surface area contributed by atoms with Crippen molar-refractivity contribution in [2.24, 2.45) is 0 Å². The minimum absolute atomic E-state index is 0.0493. The molecule has 6 rings (SSSR count). The SMILES string of the molecule is O=c1c(Cc2ccccc2)cc2cnc(Nc3ccc(-c4ccccc4)cn3)nc2n1C1CCCC1. The number of aromatic nitrogens is 4. The Labute approximate surface area is 209 Å². The van der Waals surface area contributed by atoms with Crippen molar-refractivity contribution in [1.82, 2.24) is 19.5 Å². The molecule has 6 heteroatoms. The normalized spacial score (nSPS) is 13.8. The molecule has 36 heavy (non-hydrogen) atoms. The van der Waals surface area contributed by atoms with Crippen molar-refractivity contribution in [2.45, 2.75) is 38.1 Å². The van der Waals surface area contributed by atoms with Crippen LogP contribution in [-0.4, -0.2) is 19.5 Å². The third-order valence-electron chi connectivity index (χ3n) is 6.89. The number of pyridine rings is 2. The molecule has 0 atom stereocenters. The molecular formula is C30H27N5O. The van der Waals surface area contributed by atoms with E-state index in [-0.39, 0.29) is 11.6 Å². The van der Waals surface area contributed by atoms with Crippen molar-refractivity contribution in [3.05, 3.63) is 113 Å². The van der Waals surface area contributed by atoms with Crippen LogP contribution in [0.15, 0.2) is 96.1 Å². The van der Waals surface area contributed by atoms with Crippen LogP contribution in [0.5, 0.6) is 0 Å². The van der Waals surface area contributed by atoms with E-state index in [1.54, 1.807) is 0 Å². The van der Waals surface area contributed by atoms with Gasteiger partial charge in [-0.3, -0.25) is 9.36 Å². The molecule has 178 valence electrons. The van der Waals surface area contributed by atoms with Crippen LogP contribution < -0.4 is 10.9 Å². The maximum absolute atomic E-state index is 13.7. The molecule has 2 aromatic carbocycles. The van der Waals surface area contributed by atoms with Crippen molar-refractivity contribution in [1.29, 1.82) is 0 Å². The highest BCUT2D eigenvalue weighted by Gasteiger charge is 2.23. The largest absolute Gasteiger partial charge is 0.309 e. The average molecular weight is 474 g/mol. The van der Waals surface area contributed by atoms with E-state index in [0.717, 1.165) is 53.3 Å². The molecule has 1 fully saturated rings. The van der Waals surface area contributed by atoms with Gasteiger partial charge in [-0.25, -0.2) is 9.97 Å². The van der Waals surface area contributed by atoms with Gasteiger partial charge in [-0.2, -0.15) is 4.98 Å². The van der Waals surface area contributed by atoms with Gasteiger partial charge in [0.25, 0.3) is 5.56 Å². The van der Waals surface area contributed by atoms with Crippen LogP contribution in [0, 0.1) is 0 Å². The second kappa shape index (κ2) is 9.74. The van der Waals surface area contributed by atoms with Gasteiger partial charge in [-0.05, 0) is 42.2 Å². The monoisotopic (exact) mass is 473 g/mol. The van der Waals surface area contributed by atoms with Crippen LogP contribution in [0.2, 0.25) is 0 Å². The Bertz CT molecular complexity index is 1540. The summed E-state index contributed by atoms with van der Waals surface area (Å²) in [7, 11) is 0. The smallest absolute Gasteiger partial charge is 0.256 e. The number of anilines is 2. The van der Waals surface area contributed by atoms with Crippen LogP contribution in [0.3, 0.4) is 0 Å². The first kappa shape index (κ1) is 22.2. The minimum atomic E-state index is 0.0493. The Kier molecular flexibility index (Phi) is 6.00. The zero-order valence-electron chi connectivity index (χ0n) is 20.0. The van der Waals surface area contributed by atoms with E-state index in [9.17, 15) is 4.79 Å². The molecule has 1 aliphatic carbocycles. The Hall–Kier alpha value is -4.32. The molecular weight excluding hydrogens is 446 g/mol. The first-order valence-corrected chi connectivity index (χ1v) is 12.5. The van der Waals surface area contributed by atoms with Gasteiger partial charge in [-0.1, -0.05) is 73.5 Å². The number of hydrogen-bond donors (Lipinski definition) is 1. The fraction of sp³-hybridized carbons (Fsp3) is 0.200. The number of fused-ring (bicyclic) bond motifs is 1. The maximum atomic E-state index is 13.7. The van der Waals surface area contributed by atoms with Gasteiger partial charge in [0.15, 0.2) is 0 Å². The lowest BCUT2D eigenvalue weighted by molar-refractivity contribution is 0.513. The van der Waals surface area contributed by atoms with E-state index >= 15 is 0 Å². The molecule has 0 bridgehead atoms. The van der Waals surface area contributed by atoms with Crippen LogP contribution in [-0.2, 0) is 6.42 Å². The Morgan fingerprint density at radius 2 is 1.58 bits per heavy atom. The van der Waals surface area contributed by atoms with E-state index in [1.807, 2.05) is 71.6 Å². The summed E-state index contributed by atoms with van der Waals surface area (Å²) in [5.41, 5.74) is 4.79. The van der Waals surface area contributed by atoms with Crippen LogP contribution >= 0.6 is 0 Å². The number of hydrogen-bond acceptors (Lipinski definition) is 5. The van der Waals surface area contributed by atoms with Crippen LogP contribution in [0.25, 0.3) is 22.2 Å². The second-order valence-electron chi connectivity index (χ2n) is 9.34. The fourth-order valence-corrected chi connectivity index (χ4v) is 5.06. The first-order valence-electron chi connectivity index (χ1n) is 12.5. The Morgan fingerprint density at radius 3 is 2.31 bits per heavy atom. The molecule has 0 radical (unpaired) electrons. The highest BCUT2D eigenvalue weighted by Crippen LogP contribution is 2.31. The van der Waals surface area contributed by atoms with E-state index in [1.165, 1.54) is 0 Å². The molecule has 0 aliphatic heterocycles. The predicted molar refractivity (Wildman–Crippen MR) is 144 cm³/mol. The summed E-state index contributed by atoms with van der Waals surface area (Å²) >= 11 is 0. The first-order chi connectivity index (χ1) is 17.7. The number of nitrogens with one attached hydrogen (secondary N) is 1. The lowest BCUT2D eigenvalue weighted by Crippen LogP contribution is -2.28. The quantitative estimate of drug-likeness (QED) is 0.313. The molecule has 0 spiro atoms. The fourth-order valence-electron chi connectivity index (χ4n) is 5.06. The van der Waals surface area contributed by atoms with Crippen LogP contribution in [0.4, 0.5) is 11.8 Å². The number of nitrogens with zero attached hydrogens (tertiary/aromatic N) is 4. The second-order valence-corrected chi connectivity index (χ2v) is 9.34.